The summed E-state index contributed by atoms with van der Waals surface area (Å²) in [4.78, 5) is 13.9. The summed E-state index contributed by atoms with van der Waals surface area (Å²) in [5.41, 5.74) is 0. The van der Waals surface area contributed by atoms with E-state index in [2.05, 4.69) is 10.2 Å². The molecule has 0 aromatic rings. The number of carbonyl (C=O) groups is 1. The minimum absolute atomic E-state index is 0.160. The van der Waals surface area contributed by atoms with Crippen LogP contribution in [0.25, 0.3) is 0 Å². The lowest BCUT2D eigenvalue weighted by molar-refractivity contribution is -0.123. The van der Waals surface area contributed by atoms with E-state index in [0.29, 0.717) is 18.6 Å². The number of rotatable bonds is 7. The molecule has 2 rings (SSSR count). The molecule has 2 aliphatic rings. The van der Waals surface area contributed by atoms with Gasteiger partial charge in [0.1, 0.15) is 0 Å². The molecule has 0 bridgehead atoms. The molecule has 4 nitrogen and oxygen atoms in total. The molecule has 0 aromatic carbocycles. The maximum Gasteiger partial charge on any atom is 0.234 e. The van der Waals surface area contributed by atoms with Crippen LogP contribution in [0.2, 0.25) is 0 Å². The molecule has 0 saturated heterocycles. The number of amides is 1. The molecule has 2 saturated carbocycles. The molecule has 0 radical (unpaired) electrons. The van der Waals surface area contributed by atoms with Gasteiger partial charge in [-0.15, -0.1) is 0 Å². The zero-order chi connectivity index (χ0) is 11.4. The van der Waals surface area contributed by atoms with Gasteiger partial charge >= 0.3 is 0 Å². The summed E-state index contributed by atoms with van der Waals surface area (Å²) in [5, 5.41) is 11.9. The Hall–Kier alpha value is -0.610. The molecule has 0 spiro atoms. The Morgan fingerprint density at radius 2 is 2.06 bits per heavy atom. The van der Waals surface area contributed by atoms with Crippen molar-refractivity contribution < 1.29 is 9.90 Å². The first-order valence-corrected chi connectivity index (χ1v) is 6.44. The van der Waals surface area contributed by atoms with Gasteiger partial charge in [-0.05, 0) is 32.1 Å². The van der Waals surface area contributed by atoms with Gasteiger partial charge in [-0.3, -0.25) is 9.69 Å². The first-order chi connectivity index (χ1) is 7.79. The quantitative estimate of drug-likeness (QED) is 0.665. The smallest absolute Gasteiger partial charge is 0.234 e. The van der Waals surface area contributed by atoms with Crippen LogP contribution in [0.1, 0.15) is 38.5 Å². The first-order valence-electron chi connectivity index (χ1n) is 6.44. The topological polar surface area (TPSA) is 52.6 Å². The van der Waals surface area contributed by atoms with E-state index in [0.717, 1.165) is 25.8 Å². The van der Waals surface area contributed by atoms with Gasteiger partial charge in [0, 0.05) is 25.2 Å². The number of aliphatic hydroxyl groups is 1. The monoisotopic (exact) mass is 226 g/mol. The number of carbonyl (C=O) groups excluding carboxylic acids is 1. The van der Waals surface area contributed by atoms with Gasteiger partial charge in [0.05, 0.1) is 6.54 Å². The fourth-order valence-corrected chi connectivity index (χ4v) is 2.10. The van der Waals surface area contributed by atoms with Crippen LogP contribution in [-0.2, 0) is 4.79 Å². The Bertz CT molecular complexity index is 237. The third-order valence-corrected chi connectivity index (χ3v) is 3.48. The lowest BCUT2D eigenvalue weighted by Crippen LogP contribution is -2.46. The predicted octanol–water partition coefficient (Wildman–Crippen LogP) is 0.502. The Labute approximate surface area is 97.0 Å². The van der Waals surface area contributed by atoms with E-state index in [1.54, 1.807) is 0 Å². The summed E-state index contributed by atoms with van der Waals surface area (Å²) in [6.45, 7) is 1.58. The highest BCUT2D eigenvalue weighted by molar-refractivity contribution is 5.78. The molecular formula is C12H22N2O2. The SMILES string of the molecule is O=C(CN(CCCO)C1CCC1)NC1CC1. The van der Waals surface area contributed by atoms with E-state index in [4.69, 9.17) is 5.11 Å². The minimum atomic E-state index is 0.160. The number of hydrogen-bond acceptors (Lipinski definition) is 3. The summed E-state index contributed by atoms with van der Waals surface area (Å²) >= 11 is 0. The second kappa shape index (κ2) is 5.64. The molecule has 0 aromatic heterocycles. The third kappa shape index (κ3) is 3.46. The molecule has 92 valence electrons. The average Bonchev–Trinajstić information content (AvgIpc) is 2.95. The lowest BCUT2D eigenvalue weighted by Gasteiger charge is -2.37. The van der Waals surface area contributed by atoms with Gasteiger partial charge in [-0.25, -0.2) is 0 Å². The number of aliphatic hydroxyl groups excluding tert-OH is 1. The molecule has 2 aliphatic carbocycles. The van der Waals surface area contributed by atoms with Crippen molar-refractivity contribution in [3.8, 4) is 0 Å². The second-order valence-electron chi connectivity index (χ2n) is 4.97. The van der Waals surface area contributed by atoms with Crippen molar-refractivity contribution in [1.82, 2.24) is 10.2 Å². The lowest BCUT2D eigenvalue weighted by atomic mass is 9.91. The molecule has 0 heterocycles. The van der Waals surface area contributed by atoms with Crippen LogP contribution < -0.4 is 5.32 Å². The van der Waals surface area contributed by atoms with E-state index < -0.39 is 0 Å². The molecule has 2 N–H and O–H groups in total. The van der Waals surface area contributed by atoms with Crippen LogP contribution in [0, 0.1) is 0 Å². The second-order valence-corrected chi connectivity index (χ2v) is 4.97. The van der Waals surface area contributed by atoms with Crippen molar-refractivity contribution >= 4 is 5.91 Å². The van der Waals surface area contributed by atoms with Gasteiger partial charge < -0.3 is 10.4 Å². The van der Waals surface area contributed by atoms with Crippen LogP contribution in [0.15, 0.2) is 0 Å². The van der Waals surface area contributed by atoms with Crippen molar-refractivity contribution in [2.75, 3.05) is 19.7 Å². The van der Waals surface area contributed by atoms with Crippen LogP contribution in [0.3, 0.4) is 0 Å². The van der Waals surface area contributed by atoms with E-state index in [9.17, 15) is 4.79 Å². The molecule has 0 atom stereocenters. The number of hydrogen-bond donors (Lipinski definition) is 2. The maximum absolute atomic E-state index is 11.7. The summed E-state index contributed by atoms with van der Waals surface area (Å²) in [7, 11) is 0. The molecular weight excluding hydrogens is 204 g/mol. The van der Waals surface area contributed by atoms with Crippen LogP contribution >= 0.6 is 0 Å². The Kier molecular flexibility index (Phi) is 4.18. The zero-order valence-electron chi connectivity index (χ0n) is 9.82. The van der Waals surface area contributed by atoms with Gasteiger partial charge in [-0.1, -0.05) is 6.42 Å². The van der Waals surface area contributed by atoms with Crippen molar-refractivity contribution in [2.24, 2.45) is 0 Å². The zero-order valence-corrected chi connectivity index (χ0v) is 9.82. The number of nitrogens with one attached hydrogen (secondary N) is 1. The van der Waals surface area contributed by atoms with Gasteiger partial charge in [0.2, 0.25) is 5.91 Å². The van der Waals surface area contributed by atoms with Gasteiger partial charge in [-0.2, -0.15) is 0 Å². The third-order valence-electron chi connectivity index (χ3n) is 3.48. The standard InChI is InChI=1S/C12H22N2O2/c15-8-2-7-14(11-3-1-4-11)9-12(16)13-10-5-6-10/h10-11,15H,1-9H2,(H,13,16). The molecule has 4 heteroatoms. The van der Waals surface area contributed by atoms with Crippen molar-refractivity contribution in [3.05, 3.63) is 0 Å². The van der Waals surface area contributed by atoms with E-state index in [-0.39, 0.29) is 12.5 Å². The first kappa shape index (κ1) is 11.9. The van der Waals surface area contributed by atoms with Crippen molar-refractivity contribution in [2.45, 2.75) is 50.6 Å². The Morgan fingerprint density at radius 1 is 1.31 bits per heavy atom. The molecule has 16 heavy (non-hydrogen) atoms. The highest BCUT2D eigenvalue weighted by Gasteiger charge is 2.28. The Balaban J connectivity index is 1.72. The predicted molar refractivity (Wildman–Crippen MR) is 62.1 cm³/mol. The molecule has 0 aliphatic heterocycles. The van der Waals surface area contributed by atoms with Crippen molar-refractivity contribution in [3.63, 3.8) is 0 Å². The summed E-state index contributed by atoms with van der Waals surface area (Å²) < 4.78 is 0. The van der Waals surface area contributed by atoms with Gasteiger partial charge in [0.25, 0.3) is 0 Å². The highest BCUT2D eigenvalue weighted by atomic mass is 16.3. The maximum atomic E-state index is 11.7. The number of nitrogens with zero attached hydrogens (tertiary/aromatic N) is 1. The average molecular weight is 226 g/mol. The summed E-state index contributed by atoms with van der Waals surface area (Å²) in [5.74, 6) is 0.160. The Morgan fingerprint density at radius 3 is 2.56 bits per heavy atom. The summed E-state index contributed by atoms with van der Waals surface area (Å²) in [6, 6.07) is 1.03. The molecule has 2 fully saturated rings. The summed E-state index contributed by atoms with van der Waals surface area (Å²) in [6.07, 6.45) is 6.76. The van der Waals surface area contributed by atoms with Crippen molar-refractivity contribution in [1.29, 1.82) is 0 Å². The fraction of sp³-hybridized carbons (Fsp3) is 0.917. The molecule has 0 unspecified atom stereocenters. The highest BCUT2D eigenvalue weighted by Crippen LogP contribution is 2.25. The van der Waals surface area contributed by atoms with E-state index in [1.807, 2.05) is 0 Å². The fourth-order valence-electron chi connectivity index (χ4n) is 2.10. The van der Waals surface area contributed by atoms with E-state index in [1.165, 1.54) is 19.3 Å². The van der Waals surface area contributed by atoms with Crippen LogP contribution in [-0.4, -0.2) is 47.7 Å². The molecule has 1 amide bonds. The minimum Gasteiger partial charge on any atom is -0.396 e. The largest absolute Gasteiger partial charge is 0.396 e. The van der Waals surface area contributed by atoms with Crippen LogP contribution in [0.5, 0.6) is 0 Å². The van der Waals surface area contributed by atoms with Gasteiger partial charge in [0.15, 0.2) is 0 Å². The normalized spacial score (nSPS) is 20.9. The van der Waals surface area contributed by atoms with E-state index >= 15 is 0 Å². The van der Waals surface area contributed by atoms with Crippen LogP contribution in [0.4, 0.5) is 0 Å².